The Morgan fingerprint density at radius 3 is 2.41 bits per heavy atom. The van der Waals surface area contributed by atoms with Crippen molar-refractivity contribution in [3.05, 3.63) is 65.2 Å². The highest BCUT2D eigenvalue weighted by molar-refractivity contribution is 9.09. The van der Waals surface area contributed by atoms with E-state index < -0.39 is 64.2 Å². The summed E-state index contributed by atoms with van der Waals surface area (Å²) in [6.45, 7) is 1.69. The molecule has 2 aromatic rings. The Morgan fingerprint density at radius 2 is 1.76 bits per heavy atom. The molecule has 0 spiro atoms. The molecule has 3 N–H and O–H groups in total. The van der Waals surface area contributed by atoms with Gasteiger partial charge in [-0.25, -0.2) is 0 Å². The van der Waals surface area contributed by atoms with Crippen molar-refractivity contribution in [1.82, 2.24) is 4.90 Å². The number of benzene rings is 2. The first-order valence-corrected chi connectivity index (χ1v) is 14.9. The number of allylic oxidation sites excluding steroid dienone is 2. The molecule has 3 fully saturated rings. The fraction of sp³-hybridized carbons (Fsp3) is 0.357. The van der Waals surface area contributed by atoms with E-state index in [1.54, 1.807) is 19.1 Å². The monoisotopic (exact) mass is 660 g/mol. The lowest BCUT2D eigenvalue weighted by Gasteiger charge is -2.50. The van der Waals surface area contributed by atoms with Crippen molar-refractivity contribution in [2.24, 2.45) is 17.8 Å². The second-order valence-corrected chi connectivity index (χ2v) is 12.8. The van der Waals surface area contributed by atoms with E-state index in [2.05, 4.69) is 15.9 Å². The predicted molar refractivity (Wildman–Crippen MR) is 155 cm³/mol. The molecule has 2 saturated heterocycles. The van der Waals surface area contributed by atoms with Gasteiger partial charge < -0.3 is 15.2 Å². The van der Waals surface area contributed by atoms with Crippen molar-refractivity contribution in [2.45, 2.75) is 35.4 Å². The number of anilines is 1. The van der Waals surface area contributed by atoms with Gasteiger partial charge in [-0.15, -0.1) is 23.2 Å². The number of hydrogen-bond acceptors (Lipinski definition) is 7. The van der Waals surface area contributed by atoms with E-state index >= 15 is 0 Å². The maximum absolute atomic E-state index is 14.0. The lowest BCUT2D eigenvalue weighted by molar-refractivity contribution is -0.138. The quantitative estimate of drug-likeness (QED) is 0.151. The Balaban J connectivity index is 1.50. The van der Waals surface area contributed by atoms with Gasteiger partial charge in [-0.2, -0.15) is 0 Å². The topological polar surface area (TPSA) is 135 Å². The molecule has 2 aliphatic heterocycles. The Labute approximate surface area is 254 Å². The lowest BCUT2D eigenvalue weighted by Crippen LogP contribution is -2.60. The molecule has 41 heavy (non-hydrogen) atoms. The van der Waals surface area contributed by atoms with Gasteiger partial charge in [-0.3, -0.25) is 29.0 Å². The molecular formula is C28H24BBrCl2N2O7. The van der Waals surface area contributed by atoms with Crippen LogP contribution in [0.3, 0.4) is 0 Å². The third-order valence-corrected chi connectivity index (χ3v) is 10.9. The van der Waals surface area contributed by atoms with E-state index in [-0.39, 0.29) is 35.2 Å². The van der Waals surface area contributed by atoms with Gasteiger partial charge in [0.25, 0.3) is 11.8 Å². The molecule has 4 amide bonds. The van der Waals surface area contributed by atoms with Gasteiger partial charge >= 0.3 is 7.12 Å². The number of hydrogen-bond donors (Lipinski definition) is 3. The van der Waals surface area contributed by atoms with Crippen LogP contribution in [0.15, 0.2) is 54.1 Å². The van der Waals surface area contributed by atoms with Gasteiger partial charge in [0, 0.05) is 5.92 Å². The molecular weight excluding hydrogens is 638 g/mol. The number of carbonyl (C=O) groups is 4. The number of phenols is 1. The number of nitrogens with zero attached hydrogens (tertiary/aromatic N) is 2. The first kappa shape index (κ1) is 28.4. The summed E-state index contributed by atoms with van der Waals surface area (Å²) in [5.41, 5.74) is 1.91. The van der Waals surface area contributed by atoms with Gasteiger partial charge in [0.2, 0.25) is 11.8 Å². The van der Waals surface area contributed by atoms with Crippen LogP contribution in [0, 0.1) is 24.7 Å². The third-order valence-electron chi connectivity index (χ3n) is 9.00. The van der Waals surface area contributed by atoms with Gasteiger partial charge in [0.1, 0.15) is 5.75 Å². The summed E-state index contributed by atoms with van der Waals surface area (Å²) in [5, 5.41) is 29.5. The van der Waals surface area contributed by atoms with Crippen LogP contribution in [-0.2, 0) is 19.2 Å². The van der Waals surface area contributed by atoms with E-state index in [0.717, 1.165) is 9.80 Å². The number of likely N-dealkylation sites (tertiary alicyclic amines) is 1. The van der Waals surface area contributed by atoms with Crippen LogP contribution in [0.2, 0.25) is 0 Å². The first-order valence-electron chi connectivity index (χ1n) is 13.0. The molecule has 2 aliphatic carbocycles. The second kappa shape index (κ2) is 9.67. The highest BCUT2D eigenvalue weighted by Gasteiger charge is 2.76. The normalized spacial score (nSPS) is 32.6. The summed E-state index contributed by atoms with van der Waals surface area (Å²) in [6.07, 6.45) is 1.88. The molecule has 1 saturated carbocycles. The Hall–Kier alpha value is -2.70. The Kier molecular flexibility index (Phi) is 6.70. The number of amides is 4. The van der Waals surface area contributed by atoms with Crippen LogP contribution in [0.4, 0.5) is 5.69 Å². The van der Waals surface area contributed by atoms with E-state index in [1.165, 1.54) is 30.3 Å². The van der Waals surface area contributed by atoms with E-state index in [9.17, 15) is 34.3 Å². The van der Waals surface area contributed by atoms with Crippen LogP contribution >= 0.6 is 39.1 Å². The van der Waals surface area contributed by atoms with Gasteiger partial charge in [0.15, 0.2) is 9.75 Å². The molecule has 9 nitrogen and oxygen atoms in total. The van der Waals surface area contributed by atoms with Crippen molar-refractivity contribution in [3.8, 4) is 5.75 Å². The molecule has 2 aromatic carbocycles. The zero-order valence-corrected chi connectivity index (χ0v) is 24.7. The highest BCUT2D eigenvalue weighted by atomic mass is 79.9. The fourth-order valence-electron chi connectivity index (χ4n) is 7.06. The summed E-state index contributed by atoms with van der Waals surface area (Å²) < 4.78 is 0. The number of imide groups is 2. The summed E-state index contributed by atoms with van der Waals surface area (Å²) >= 11 is 17.6. The van der Waals surface area contributed by atoms with Crippen molar-refractivity contribution >= 4 is 81.0 Å². The number of rotatable bonds is 4. The van der Waals surface area contributed by atoms with Crippen LogP contribution in [0.25, 0.3) is 0 Å². The summed E-state index contributed by atoms with van der Waals surface area (Å²) in [7, 11) is -1.79. The zero-order valence-electron chi connectivity index (χ0n) is 21.6. The van der Waals surface area contributed by atoms with Gasteiger partial charge in [0.05, 0.1) is 23.0 Å². The largest absolute Gasteiger partial charge is 0.508 e. The molecule has 6 atom stereocenters. The lowest BCUT2D eigenvalue weighted by atomic mass is 9.56. The second-order valence-electron chi connectivity index (χ2n) is 11.0. The number of fused-ring (bicyclic) bond motifs is 4. The highest BCUT2D eigenvalue weighted by Crippen LogP contribution is 2.65. The van der Waals surface area contributed by atoms with Crippen LogP contribution < -0.4 is 10.4 Å². The summed E-state index contributed by atoms with van der Waals surface area (Å²) in [6, 6.07) is 10.7. The molecule has 2 heterocycles. The minimum absolute atomic E-state index is 0.0397. The number of aromatic hydroxyl groups is 1. The molecule has 13 heteroatoms. The average Bonchev–Trinajstić information content (AvgIpc) is 3.28. The predicted octanol–water partition coefficient (Wildman–Crippen LogP) is 2.30. The molecule has 6 rings (SSSR count). The third kappa shape index (κ3) is 3.75. The molecule has 0 bridgehead atoms. The number of aryl methyl sites for hydroxylation is 1. The fourth-order valence-corrected chi connectivity index (χ4v) is 8.49. The maximum atomic E-state index is 14.0. The van der Waals surface area contributed by atoms with Crippen molar-refractivity contribution < 1.29 is 34.3 Å². The molecule has 4 aliphatic rings. The van der Waals surface area contributed by atoms with E-state index in [4.69, 9.17) is 23.2 Å². The van der Waals surface area contributed by atoms with Crippen molar-refractivity contribution in [3.63, 3.8) is 0 Å². The Bertz CT molecular complexity index is 1570. The molecule has 0 aromatic heterocycles. The Morgan fingerprint density at radius 1 is 1.02 bits per heavy atom. The van der Waals surface area contributed by atoms with Crippen LogP contribution in [0.5, 0.6) is 5.75 Å². The van der Waals surface area contributed by atoms with Crippen LogP contribution in [-0.4, -0.2) is 66.0 Å². The SMILES string of the molecule is Cc1cc([C@H]2C3=CC[C@@H]4C(=O)N(c5cccc(B(O)O)c5)C(=O)[C@@H]4[C@@H]3C[C@@]3(Cl)C(=O)N(CBr)C(=O)[C@@]23Cl)ccc1O. The minimum atomic E-state index is -1.92. The zero-order chi connectivity index (χ0) is 29.6. The van der Waals surface area contributed by atoms with Crippen molar-refractivity contribution in [1.29, 1.82) is 0 Å². The van der Waals surface area contributed by atoms with Crippen molar-refractivity contribution in [2.75, 3.05) is 10.4 Å². The van der Waals surface area contributed by atoms with Crippen LogP contribution in [0.1, 0.15) is 29.9 Å². The van der Waals surface area contributed by atoms with Gasteiger partial charge in [-0.1, -0.05) is 51.8 Å². The number of carbonyl (C=O) groups excluding carboxylic acids is 4. The average molecular weight is 662 g/mol. The summed E-state index contributed by atoms with van der Waals surface area (Å²) in [4.78, 5) is 53.4. The number of alkyl halides is 3. The standard InChI is InChI=1S/C28H24BBrCl2N2O7/c1-13-9-14(5-8-20(13)35)22-17-6-7-18-21(19(17)11-27(31)25(38)33(12-30)26(39)28(22,27)32)24(37)34(23(18)36)16-4-2-3-15(10-16)29(40)41/h2-6,8-10,18-19,21-22,35,40-41H,7,11-12H2,1H3/t18-,19+,21-,22-,27+,28-/m0/s1. The first-order chi connectivity index (χ1) is 19.4. The minimum Gasteiger partial charge on any atom is -0.508 e. The summed E-state index contributed by atoms with van der Waals surface area (Å²) in [5.74, 6) is -5.51. The molecule has 0 unspecified atom stereocenters. The van der Waals surface area contributed by atoms with Gasteiger partial charge in [-0.05, 0) is 60.5 Å². The van der Waals surface area contributed by atoms with E-state index in [1.807, 2.05) is 6.08 Å². The smallest absolute Gasteiger partial charge is 0.488 e. The maximum Gasteiger partial charge on any atom is 0.488 e. The number of halogens is 3. The number of phenolic OH excluding ortho intramolecular Hbond substituents is 1. The van der Waals surface area contributed by atoms with E-state index in [0.29, 0.717) is 16.7 Å². The molecule has 212 valence electrons. The molecule has 0 radical (unpaired) electrons.